The van der Waals surface area contributed by atoms with Crippen LogP contribution in [0.5, 0.6) is 5.75 Å². The number of ether oxygens (including phenoxy) is 2. The Kier molecular flexibility index (Phi) is 7.01. The van der Waals surface area contributed by atoms with E-state index in [1.165, 1.54) is 11.3 Å². The van der Waals surface area contributed by atoms with Crippen molar-refractivity contribution in [1.29, 1.82) is 0 Å². The highest BCUT2D eigenvalue weighted by Gasteiger charge is 2.26. The molecule has 1 heterocycles. The summed E-state index contributed by atoms with van der Waals surface area (Å²) >= 11 is 1.28. The molecule has 2 aromatic rings. The first-order chi connectivity index (χ1) is 12.0. The van der Waals surface area contributed by atoms with Gasteiger partial charge in [-0.05, 0) is 35.9 Å². The second-order valence-corrected chi connectivity index (χ2v) is 6.96. The van der Waals surface area contributed by atoms with Crippen molar-refractivity contribution in [1.82, 2.24) is 5.32 Å². The summed E-state index contributed by atoms with van der Waals surface area (Å²) in [5.74, 6) is 0.325. The fourth-order valence-electron chi connectivity index (χ4n) is 2.19. The van der Waals surface area contributed by atoms with E-state index >= 15 is 0 Å². The van der Waals surface area contributed by atoms with Crippen molar-refractivity contribution in [3.63, 3.8) is 0 Å². The molecule has 25 heavy (non-hydrogen) atoms. The van der Waals surface area contributed by atoms with Crippen molar-refractivity contribution in [2.45, 2.75) is 26.4 Å². The standard InChI is InChI=1S/C19H23NO4S/c1-13(2)10-11-20-18(21)17(14-6-8-15(23-3)9-7-14)24-19(22)16-5-4-12-25-16/h4-9,12-13,17H,10-11H2,1-3H3,(H,20,21)/t17-/m1/s1. The summed E-state index contributed by atoms with van der Waals surface area (Å²) in [7, 11) is 1.57. The Bertz CT molecular complexity index is 680. The van der Waals surface area contributed by atoms with E-state index in [4.69, 9.17) is 9.47 Å². The Morgan fingerprint density at radius 1 is 1.16 bits per heavy atom. The number of rotatable bonds is 8. The molecule has 0 fully saturated rings. The van der Waals surface area contributed by atoms with Crippen LogP contribution in [0.3, 0.4) is 0 Å². The monoisotopic (exact) mass is 361 g/mol. The molecule has 0 aliphatic heterocycles. The van der Waals surface area contributed by atoms with Gasteiger partial charge in [0.25, 0.3) is 5.91 Å². The molecule has 0 spiro atoms. The number of esters is 1. The summed E-state index contributed by atoms with van der Waals surface area (Å²) in [6.07, 6.45) is -0.132. The lowest BCUT2D eigenvalue weighted by atomic mass is 10.1. The molecule has 0 unspecified atom stereocenters. The molecule has 1 atom stereocenters. The van der Waals surface area contributed by atoms with Crippen molar-refractivity contribution < 1.29 is 19.1 Å². The molecule has 0 aliphatic rings. The van der Waals surface area contributed by atoms with Crippen molar-refractivity contribution in [2.75, 3.05) is 13.7 Å². The second-order valence-electron chi connectivity index (χ2n) is 6.01. The van der Waals surface area contributed by atoms with E-state index in [9.17, 15) is 9.59 Å². The Labute approximate surface area is 152 Å². The van der Waals surface area contributed by atoms with Gasteiger partial charge in [0.2, 0.25) is 6.10 Å². The van der Waals surface area contributed by atoms with Gasteiger partial charge in [-0.25, -0.2) is 4.79 Å². The van der Waals surface area contributed by atoms with Gasteiger partial charge in [0.05, 0.1) is 7.11 Å². The number of amides is 1. The summed E-state index contributed by atoms with van der Waals surface area (Å²) < 4.78 is 10.6. The second kappa shape index (κ2) is 9.22. The van der Waals surface area contributed by atoms with Crippen LogP contribution in [0, 0.1) is 5.92 Å². The van der Waals surface area contributed by atoms with Crippen LogP contribution in [0.4, 0.5) is 0 Å². The maximum atomic E-state index is 12.6. The van der Waals surface area contributed by atoms with E-state index in [1.807, 2.05) is 0 Å². The number of carbonyl (C=O) groups is 2. The summed E-state index contributed by atoms with van der Waals surface area (Å²) in [6, 6.07) is 10.4. The number of hydrogen-bond donors (Lipinski definition) is 1. The van der Waals surface area contributed by atoms with E-state index in [0.717, 1.165) is 6.42 Å². The van der Waals surface area contributed by atoms with E-state index in [-0.39, 0.29) is 5.91 Å². The predicted octanol–water partition coefficient (Wildman–Crippen LogP) is 3.82. The highest BCUT2D eigenvalue weighted by Crippen LogP contribution is 2.23. The van der Waals surface area contributed by atoms with Gasteiger partial charge in [-0.3, -0.25) is 4.79 Å². The molecule has 1 N–H and O–H groups in total. The van der Waals surface area contributed by atoms with E-state index < -0.39 is 12.1 Å². The first kappa shape index (κ1) is 19.0. The Morgan fingerprint density at radius 3 is 2.44 bits per heavy atom. The zero-order valence-corrected chi connectivity index (χ0v) is 15.5. The molecule has 0 aliphatic carbocycles. The molecule has 1 aromatic heterocycles. The molecule has 1 aromatic carbocycles. The van der Waals surface area contributed by atoms with Gasteiger partial charge in [0.15, 0.2) is 0 Å². The third-order valence-corrected chi connectivity index (χ3v) is 4.47. The highest BCUT2D eigenvalue weighted by atomic mass is 32.1. The molecule has 134 valence electrons. The van der Waals surface area contributed by atoms with Crippen LogP contribution in [0.25, 0.3) is 0 Å². The number of hydrogen-bond acceptors (Lipinski definition) is 5. The van der Waals surface area contributed by atoms with Gasteiger partial charge in [0, 0.05) is 12.1 Å². The third kappa shape index (κ3) is 5.60. The van der Waals surface area contributed by atoms with Gasteiger partial charge in [0.1, 0.15) is 10.6 Å². The van der Waals surface area contributed by atoms with Gasteiger partial charge >= 0.3 is 5.97 Å². The molecule has 0 saturated heterocycles. The lowest BCUT2D eigenvalue weighted by Gasteiger charge is -2.18. The fraction of sp³-hybridized carbons (Fsp3) is 0.368. The molecular weight excluding hydrogens is 338 g/mol. The average Bonchev–Trinajstić information content (AvgIpc) is 3.14. The molecule has 5 nitrogen and oxygen atoms in total. The van der Waals surface area contributed by atoms with Crippen molar-refractivity contribution in [2.24, 2.45) is 5.92 Å². The maximum absolute atomic E-state index is 12.6. The third-order valence-electron chi connectivity index (χ3n) is 3.62. The number of benzene rings is 1. The Hall–Kier alpha value is -2.34. The average molecular weight is 361 g/mol. The van der Waals surface area contributed by atoms with Gasteiger partial charge in [-0.2, -0.15) is 0 Å². The molecule has 0 bridgehead atoms. The number of carbonyl (C=O) groups excluding carboxylic acids is 2. The number of nitrogens with one attached hydrogen (secondary N) is 1. The van der Waals surface area contributed by atoms with E-state index in [0.29, 0.717) is 28.7 Å². The minimum atomic E-state index is -0.993. The largest absolute Gasteiger partial charge is 0.497 e. The van der Waals surface area contributed by atoms with Crippen molar-refractivity contribution in [3.8, 4) is 5.75 Å². The zero-order chi connectivity index (χ0) is 18.2. The summed E-state index contributed by atoms with van der Waals surface area (Å²) in [4.78, 5) is 25.3. The van der Waals surface area contributed by atoms with Crippen molar-refractivity contribution >= 4 is 23.2 Å². The first-order valence-corrected chi connectivity index (χ1v) is 9.05. The number of thiophene rings is 1. The molecule has 0 radical (unpaired) electrons. The fourth-order valence-corrected chi connectivity index (χ4v) is 2.79. The minimum Gasteiger partial charge on any atom is -0.497 e. The van der Waals surface area contributed by atoms with Crippen molar-refractivity contribution in [3.05, 3.63) is 52.2 Å². The molecule has 6 heteroatoms. The van der Waals surface area contributed by atoms with Gasteiger partial charge in [-0.15, -0.1) is 11.3 Å². The van der Waals surface area contributed by atoms with Crippen LogP contribution in [0.15, 0.2) is 41.8 Å². The van der Waals surface area contributed by atoms with Crippen LogP contribution >= 0.6 is 11.3 Å². The van der Waals surface area contributed by atoms with Crippen LogP contribution in [-0.2, 0) is 9.53 Å². The summed E-state index contributed by atoms with van der Waals surface area (Å²) in [5.41, 5.74) is 0.604. The molecule has 1 amide bonds. The Balaban J connectivity index is 2.14. The Morgan fingerprint density at radius 2 is 1.88 bits per heavy atom. The number of methoxy groups -OCH3 is 1. The maximum Gasteiger partial charge on any atom is 0.349 e. The molecule has 0 saturated carbocycles. The minimum absolute atomic E-state index is 0.323. The van der Waals surface area contributed by atoms with E-state index in [1.54, 1.807) is 48.9 Å². The zero-order valence-electron chi connectivity index (χ0n) is 14.7. The van der Waals surface area contributed by atoms with Crippen LogP contribution < -0.4 is 10.1 Å². The lowest BCUT2D eigenvalue weighted by Crippen LogP contribution is -2.33. The predicted molar refractivity (Wildman–Crippen MR) is 97.9 cm³/mol. The normalized spacial score (nSPS) is 11.8. The van der Waals surface area contributed by atoms with Gasteiger partial charge < -0.3 is 14.8 Å². The smallest absolute Gasteiger partial charge is 0.349 e. The highest BCUT2D eigenvalue weighted by molar-refractivity contribution is 7.11. The van der Waals surface area contributed by atoms with Crippen LogP contribution in [0.2, 0.25) is 0 Å². The van der Waals surface area contributed by atoms with Gasteiger partial charge in [-0.1, -0.05) is 32.0 Å². The van der Waals surface area contributed by atoms with E-state index in [2.05, 4.69) is 19.2 Å². The topological polar surface area (TPSA) is 64.6 Å². The lowest BCUT2D eigenvalue weighted by molar-refractivity contribution is -0.130. The SMILES string of the molecule is COc1ccc([C@@H](OC(=O)c2cccs2)C(=O)NCCC(C)C)cc1. The molecular formula is C19H23NO4S. The quantitative estimate of drug-likeness (QED) is 0.726. The van der Waals surface area contributed by atoms with Crippen LogP contribution in [0.1, 0.15) is 41.6 Å². The molecule has 2 rings (SSSR count). The summed E-state index contributed by atoms with van der Waals surface area (Å²) in [5, 5.41) is 4.64. The summed E-state index contributed by atoms with van der Waals surface area (Å²) in [6.45, 7) is 4.72. The van der Waals surface area contributed by atoms with Crippen LogP contribution in [-0.4, -0.2) is 25.5 Å². The first-order valence-electron chi connectivity index (χ1n) is 8.17.